The number of carbonyl (C=O) groups excluding carboxylic acids is 1. The number of halogens is 1. The Balaban J connectivity index is 1.78. The van der Waals surface area contributed by atoms with Crippen molar-refractivity contribution in [2.75, 3.05) is 13.1 Å². The topological polar surface area (TPSA) is 61.1 Å². The Morgan fingerprint density at radius 3 is 2.58 bits per heavy atom. The van der Waals surface area contributed by atoms with Crippen molar-refractivity contribution in [3.8, 4) is 0 Å². The first-order valence-electron chi connectivity index (χ1n) is 8.11. The van der Waals surface area contributed by atoms with Crippen LogP contribution in [0.1, 0.15) is 44.0 Å². The molecule has 0 aliphatic carbocycles. The van der Waals surface area contributed by atoms with E-state index in [1.165, 1.54) is 12.1 Å². The Hall–Kier alpha value is -1.73. The smallest absolute Gasteiger partial charge is 0.256 e. The van der Waals surface area contributed by atoms with Crippen LogP contribution in [0.3, 0.4) is 0 Å². The maximum Gasteiger partial charge on any atom is 0.256 e. The van der Waals surface area contributed by atoms with Crippen LogP contribution in [-0.2, 0) is 4.74 Å². The molecule has 1 saturated heterocycles. The molecule has 24 heavy (non-hydrogen) atoms. The summed E-state index contributed by atoms with van der Waals surface area (Å²) in [5, 5.41) is 0. The van der Waals surface area contributed by atoms with Gasteiger partial charge in [-0.15, -0.1) is 0 Å². The van der Waals surface area contributed by atoms with Crippen molar-refractivity contribution in [2.45, 2.75) is 45.3 Å². The summed E-state index contributed by atoms with van der Waals surface area (Å²) in [5.74, 6) is -0.638. The molecule has 7 heteroatoms. The largest absolute Gasteiger partial charge is 0.372 e. The molecule has 130 valence electrons. The third-order valence-corrected chi connectivity index (χ3v) is 4.27. The fourth-order valence-corrected chi connectivity index (χ4v) is 3.33. The van der Waals surface area contributed by atoms with E-state index in [9.17, 15) is 9.18 Å². The number of nitrogens with zero attached hydrogens (tertiary/aromatic N) is 1. The van der Waals surface area contributed by atoms with Crippen molar-refractivity contribution in [1.82, 2.24) is 14.9 Å². The molecule has 3 rings (SSSR count). The molecule has 0 spiro atoms. The average molecular weight is 351 g/mol. The minimum absolute atomic E-state index is 0.152. The van der Waals surface area contributed by atoms with Gasteiger partial charge in [0.25, 0.3) is 5.91 Å². The normalized spacial score (nSPS) is 16.8. The standard InChI is InChI=1S/C17H22FN3O2S/c1-17(2,3)23-11-4-6-21(7-5-11)15(22)12-8-10(18)9-13-14(12)20-16(24)19-13/h8-9,11H,4-7H2,1-3H3,(H2,19,20,24). The second-order valence-corrected chi connectivity index (χ2v) is 7.59. The monoisotopic (exact) mass is 351 g/mol. The van der Waals surface area contributed by atoms with Crippen LogP contribution in [0.4, 0.5) is 4.39 Å². The van der Waals surface area contributed by atoms with Crippen molar-refractivity contribution in [3.05, 3.63) is 28.3 Å². The van der Waals surface area contributed by atoms with Gasteiger partial charge in [0.1, 0.15) is 5.82 Å². The zero-order valence-electron chi connectivity index (χ0n) is 14.1. The van der Waals surface area contributed by atoms with Crippen LogP contribution < -0.4 is 0 Å². The summed E-state index contributed by atoms with van der Waals surface area (Å²) in [6, 6.07) is 2.60. The Morgan fingerprint density at radius 2 is 1.96 bits per heavy atom. The van der Waals surface area contributed by atoms with Gasteiger partial charge in [0.15, 0.2) is 4.77 Å². The number of ether oxygens (including phenoxy) is 1. The molecule has 0 saturated carbocycles. The summed E-state index contributed by atoms with van der Waals surface area (Å²) >= 11 is 5.05. The van der Waals surface area contributed by atoms with E-state index in [0.717, 1.165) is 12.8 Å². The lowest BCUT2D eigenvalue weighted by atomic mass is 10.0. The molecule has 1 aliphatic heterocycles. The number of benzene rings is 1. The van der Waals surface area contributed by atoms with E-state index in [-0.39, 0.29) is 17.6 Å². The summed E-state index contributed by atoms with van der Waals surface area (Å²) in [7, 11) is 0. The van der Waals surface area contributed by atoms with Crippen molar-refractivity contribution in [1.29, 1.82) is 0 Å². The summed E-state index contributed by atoms with van der Waals surface area (Å²) in [5.41, 5.74) is 1.19. The number of hydrogen-bond donors (Lipinski definition) is 2. The van der Waals surface area contributed by atoms with Gasteiger partial charge in [-0.25, -0.2) is 4.39 Å². The summed E-state index contributed by atoms with van der Waals surface area (Å²) in [6.45, 7) is 7.29. The van der Waals surface area contributed by atoms with Gasteiger partial charge >= 0.3 is 0 Å². The molecule has 0 atom stereocenters. The highest BCUT2D eigenvalue weighted by Gasteiger charge is 2.28. The lowest BCUT2D eigenvalue weighted by Crippen LogP contribution is -2.42. The van der Waals surface area contributed by atoms with Crippen LogP contribution in [0.2, 0.25) is 0 Å². The molecular formula is C17H22FN3O2S. The number of aromatic nitrogens is 2. The fraction of sp³-hybridized carbons (Fsp3) is 0.529. The van der Waals surface area contributed by atoms with Crippen LogP contribution >= 0.6 is 12.2 Å². The van der Waals surface area contributed by atoms with Gasteiger partial charge in [-0.1, -0.05) is 0 Å². The third kappa shape index (κ3) is 3.67. The molecule has 1 fully saturated rings. The molecule has 2 N–H and O–H groups in total. The van der Waals surface area contributed by atoms with E-state index in [1.54, 1.807) is 4.90 Å². The molecule has 1 aromatic heterocycles. The number of H-pyrrole nitrogens is 2. The molecule has 1 amide bonds. The van der Waals surface area contributed by atoms with Gasteiger partial charge in [-0.2, -0.15) is 0 Å². The van der Waals surface area contributed by atoms with Gasteiger partial charge in [-0.05, 0) is 58.0 Å². The van der Waals surface area contributed by atoms with Crippen LogP contribution in [0.5, 0.6) is 0 Å². The number of carbonyl (C=O) groups is 1. The number of nitrogens with one attached hydrogen (secondary N) is 2. The zero-order valence-corrected chi connectivity index (χ0v) is 14.9. The molecule has 2 aromatic rings. The summed E-state index contributed by atoms with van der Waals surface area (Å²) in [6.07, 6.45) is 1.72. The molecule has 0 radical (unpaired) electrons. The minimum atomic E-state index is -0.456. The molecule has 5 nitrogen and oxygen atoms in total. The number of hydrogen-bond acceptors (Lipinski definition) is 3. The number of amides is 1. The first kappa shape index (κ1) is 17.1. The van der Waals surface area contributed by atoms with E-state index in [1.807, 2.05) is 20.8 Å². The number of likely N-dealkylation sites (tertiary alicyclic amines) is 1. The Kier molecular flexibility index (Phi) is 4.48. The first-order valence-corrected chi connectivity index (χ1v) is 8.52. The number of imidazole rings is 1. The van der Waals surface area contributed by atoms with Crippen molar-refractivity contribution >= 4 is 29.2 Å². The minimum Gasteiger partial charge on any atom is -0.372 e. The molecular weight excluding hydrogens is 329 g/mol. The van der Waals surface area contributed by atoms with E-state index < -0.39 is 5.82 Å². The molecule has 1 aliphatic rings. The fourth-order valence-electron chi connectivity index (χ4n) is 3.12. The van der Waals surface area contributed by atoms with Crippen molar-refractivity contribution in [2.24, 2.45) is 0 Å². The Labute approximate surface area is 145 Å². The van der Waals surface area contributed by atoms with E-state index in [2.05, 4.69) is 9.97 Å². The van der Waals surface area contributed by atoms with Gasteiger partial charge in [0.2, 0.25) is 0 Å². The molecule has 0 bridgehead atoms. The number of rotatable bonds is 2. The summed E-state index contributed by atoms with van der Waals surface area (Å²) < 4.78 is 20.2. The number of fused-ring (bicyclic) bond motifs is 1. The van der Waals surface area contributed by atoms with Gasteiger partial charge < -0.3 is 19.6 Å². The average Bonchev–Trinajstić information content (AvgIpc) is 2.84. The Morgan fingerprint density at radius 1 is 1.29 bits per heavy atom. The molecule has 2 heterocycles. The van der Waals surface area contributed by atoms with Crippen LogP contribution in [-0.4, -0.2) is 45.6 Å². The highest BCUT2D eigenvalue weighted by atomic mass is 32.1. The van der Waals surface area contributed by atoms with Crippen LogP contribution in [0.25, 0.3) is 11.0 Å². The predicted octanol–water partition coefficient (Wildman–Crippen LogP) is 3.78. The SMILES string of the molecule is CC(C)(C)OC1CCN(C(=O)c2cc(F)cc3[nH]c(=S)[nH]c23)CC1. The molecule has 0 unspecified atom stereocenters. The van der Waals surface area contributed by atoms with Crippen LogP contribution in [0.15, 0.2) is 12.1 Å². The highest BCUT2D eigenvalue weighted by molar-refractivity contribution is 7.71. The van der Waals surface area contributed by atoms with Crippen LogP contribution in [0, 0.1) is 10.6 Å². The second-order valence-electron chi connectivity index (χ2n) is 7.18. The third-order valence-electron chi connectivity index (χ3n) is 4.07. The predicted molar refractivity (Wildman–Crippen MR) is 93.2 cm³/mol. The van der Waals surface area contributed by atoms with Gasteiger partial charge in [0.05, 0.1) is 28.3 Å². The molecule has 1 aromatic carbocycles. The van der Waals surface area contributed by atoms with E-state index >= 15 is 0 Å². The Bertz CT molecular complexity index is 813. The maximum absolute atomic E-state index is 13.8. The lowest BCUT2D eigenvalue weighted by Gasteiger charge is -2.35. The number of aromatic amines is 2. The van der Waals surface area contributed by atoms with Gasteiger partial charge in [-0.3, -0.25) is 4.79 Å². The van der Waals surface area contributed by atoms with E-state index in [4.69, 9.17) is 17.0 Å². The maximum atomic E-state index is 13.8. The highest BCUT2D eigenvalue weighted by Crippen LogP contribution is 2.24. The van der Waals surface area contributed by atoms with Crippen molar-refractivity contribution in [3.63, 3.8) is 0 Å². The van der Waals surface area contributed by atoms with Crippen molar-refractivity contribution < 1.29 is 13.9 Å². The van der Waals surface area contributed by atoms with E-state index in [0.29, 0.717) is 34.5 Å². The first-order chi connectivity index (χ1) is 11.2. The van der Waals surface area contributed by atoms with Gasteiger partial charge in [0, 0.05) is 13.1 Å². The lowest BCUT2D eigenvalue weighted by molar-refractivity contribution is -0.0790. The summed E-state index contributed by atoms with van der Waals surface area (Å²) in [4.78, 5) is 20.4. The zero-order chi connectivity index (χ0) is 17.5. The number of piperidine rings is 1. The second kappa shape index (κ2) is 6.29. The quantitative estimate of drug-likeness (QED) is 0.810.